The van der Waals surface area contributed by atoms with Crippen LogP contribution in [-0.2, 0) is 0 Å². The van der Waals surface area contributed by atoms with Crippen molar-refractivity contribution >= 4 is 6.29 Å². The normalized spacial score (nSPS) is 14.9. The molecule has 3 rings (SSSR count). The largest absolute Gasteiger partial charge is 0.296 e. The molecule has 86 valence electrons. The third-order valence-corrected chi connectivity index (χ3v) is 3.03. The van der Waals surface area contributed by atoms with Gasteiger partial charge in [0, 0.05) is 5.56 Å². The lowest BCUT2D eigenvalue weighted by molar-refractivity contribution is 0.111. The Morgan fingerprint density at radius 3 is 2.88 bits per heavy atom. The molecule has 2 aromatic rings. The minimum absolute atomic E-state index is 0.376. The van der Waals surface area contributed by atoms with E-state index < -0.39 is 0 Å². The van der Waals surface area contributed by atoms with Gasteiger partial charge in [-0.1, -0.05) is 29.0 Å². The number of aromatic nitrogens is 3. The average molecular weight is 227 g/mol. The molecule has 0 spiro atoms. The molecule has 1 heterocycles. The summed E-state index contributed by atoms with van der Waals surface area (Å²) in [5, 5.41) is 8.23. The van der Waals surface area contributed by atoms with E-state index in [9.17, 15) is 4.79 Å². The van der Waals surface area contributed by atoms with Crippen molar-refractivity contribution in [2.45, 2.75) is 25.8 Å². The van der Waals surface area contributed by atoms with Gasteiger partial charge in [-0.15, -0.1) is 5.10 Å². The maximum absolute atomic E-state index is 11.2. The van der Waals surface area contributed by atoms with Crippen LogP contribution >= 0.6 is 0 Å². The second kappa shape index (κ2) is 3.80. The fraction of sp³-hybridized carbons (Fsp3) is 0.308. The Kier molecular flexibility index (Phi) is 2.28. The van der Waals surface area contributed by atoms with Crippen molar-refractivity contribution in [3.63, 3.8) is 0 Å². The maximum Gasteiger partial charge on any atom is 0.170 e. The van der Waals surface area contributed by atoms with Gasteiger partial charge in [-0.05, 0) is 25.8 Å². The van der Waals surface area contributed by atoms with E-state index in [1.54, 1.807) is 4.68 Å². The fourth-order valence-corrected chi connectivity index (χ4v) is 2.00. The minimum Gasteiger partial charge on any atom is -0.296 e. The molecular weight excluding hydrogens is 214 g/mol. The van der Waals surface area contributed by atoms with Gasteiger partial charge in [0.15, 0.2) is 6.29 Å². The van der Waals surface area contributed by atoms with E-state index in [2.05, 4.69) is 10.3 Å². The predicted octanol–water partition coefficient (Wildman–Crippen LogP) is 2.40. The Bertz CT molecular complexity index is 570. The monoisotopic (exact) mass is 227 g/mol. The molecule has 4 heteroatoms. The molecule has 0 atom stereocenters. The molecular formula is C13H13N3O. The lowest BCUT2D eigenvalue weighted by Crippen LogP contribution is -2.01. The second-order valence-electron chi connectivity index (χ2n) is 4.49. The number of hydrogen-bond acceptors (Lipinski definition) is 3. The number of aldehydes is 1. The van der Waals surface area contributed by atoms with Crippen LogP contribution in [0.1, 0.15) is 34.9 Å². The summed E-state index contributed by atoms with van der Waals surface area (Å²) in [6.45, 7) is 2.02. The highest BCUT2D eigenvalue weighted by Crippen LogP contribution is 2.36. The van der Waals surface area contributed by atoms with E-state index in [-0.39, 0.29) is 0 Å². The number of benzene rings is 1. The minimum atomic E-state index is 0.376. The SMILES string of the molecule is Cc1cccc(-c2nnn(C3CC3)c2C=O)c1. The molecule has 1 aromatic carbocycles. The van der Waals surface area contributed by atoms with Crippen molar-refractivity contribution in [2.24, 2.45) is 0 Å². The van der Waals surface area contributed by atoms with Gasteiger partial charge in [-0.3, -0.25) is 4.79 Å². The van der Waals surface area contributed by atoms with Crippen LogP contribution in [0.15, 0.2) is 24.3 Å². The summed E-state index contributed by atoms with van der Waals surface area (Å²) in [5.74, 6) is 0. The first-order valence-electron chi connectivity index (χ1n) is 5.77. The van der Waals surface area contributed by atoms with E-state index in [1.165, 1.54) is 0 Å². The molecule has 0 N–H and O–H groups in total. The Labute approximate surface area is 99.3 Å². The summed E-state index contributed by atoms with van der Waals surface area (Å²) in [6, 6.07) is 8.35. The van der Waals surface area contributed by atoms with Crippen LogP contribution in [-0.4, -0.2) is 21.3 Å². The number of hydrogen-bond donors (Lipinski definition) is 0. The zero-order chi connectivity index (χ0) is 11.8. The summed E-state index contributed by atoms with van der Waals surface area (Å²) in [6.07, 6.45) is 3.05. The number of aryl methyl sites for hydroxylation is 1. The molecule has 17 heavy (non-hydrogen) atoms. The van der Waals surface area contributed by atoms with E-state index in [0.29, 0.717) is 17.4 Å². The first kappa shape index (κ1) is 10.2. The molecule has 1 fully saturated rings. The van der Waals surface area contributed by atoms with Gasteiger partial charge in [-0.2, -0.15) is 0 Å². The molecule has 4 nitrogen and oxygen atoms in total. The quantitative estimate of drug-likeness (QED) is 0.756. The van der Waals surface area contributed by atoms with Crippen molar-refractivity contribution in [1.29, 1.82) is 0 Å². The Morgan fingerprint density at radius 2 is 2.24 bits per heavy atom. The smallest absolute Gasteiger partial charge is 0.170 e. The number of carbonyl (C=O) groups is 1. The van der Waals surface area contributed by atoms with Gasteiger partial charge in [-0.25, -0.2) is 4.68 Å². The molecule has 1 saturated carbocycles. The number of nitrogens with zero attached hydrogens (tertiary/aromatic N) is 3. The average Bonchev–Trinajstić information content (AvgIpc) is 3.08. The van der Waals surface area contributed by atoms with Gasteiger partial charge in [0.05, 0.1) is 6.04 Å². The molecule has 0 radical (unpaired) electrons. The summed E-state index contributed by atoms with van der Waals surface area (Å²) >= 11 is 0. The van der Waals surface area contributed by atoms with Gasteiger partial charge in [0.25, 0.3) is 0 Å². The summed E-state index contributed by atoms with van der Waals surface area (Å²) in [5.41, 5.74) is 3.40. The molecule has 0 saturated heterocycles. The van der Waals surface area contributed by atoms with Crippen LogP contribution in [0, 0.1) is 6.92 Å². The molecule has 1 aromatic heterocycles. The number of carbonyl (C=O) groups excluding carboxylic acids is 1. The highest BCUT2D eigenvalue weighted by molar-refractivity contribution is 5.83. The van der Waals surface area contributed by atoms with E-state index in [0.717, 1.165) is 30.3 Å². The van der Waals surface area contributed by atoms with E-state index >= 15 is 0 Å². The van der Waals surface area contributed by atoms with Crippen LogP contribution in [0.5, 0.6) is 0 Å². The van der Waals surface area contributed by atoms with Crippen LogP contribution in [0.2, 0.25) is 0 Å². The first-order chi connectivity index (χ1) is 8.29. The first-order valence-corrected chi connectivity index (χ1v) is 5.77. The summed E-state index contributed by atoms with van der Waals surface area (Å²) in [7, 11) is 0. The van der Waals surface area contributed by atoms with Crippen molar-refractivity contribution in [3.05, 3.63) is 35.5 Å². The molecule has 0 bridgehead atoms. The Morgan fingerprint density at radius 1 is 1.41 bits per heavy atom. The van der Waals surface area contributed by atoms with Gasteiger partial charge < -0.3 is 0 Å². The van der Waals surface area contributed by atoms with E-state index in [4.69, 9.17) is 0 Å². The summed E-state index contributed by atoms with van der Waals surface area (Å²) < 4.78 is 1.75. The predicted molar refractivity (Wildman–Crippen MR) is 63.9 cm³/mol. The van der Waals surface area contributed by atoms with Crippen molar-refractivity contribution < 1.29 is 4.79 Å². The third-order valence-electron chi connectivity index (χ3n) is 3.03. The van der Waals surface area contributed by atoms with Gasteiger partial charge >= 0.3 is 0 Å². The van der Waals surface area contributed by atoms with Gasteiger partial charge in [0.1, 0.15) is 11.4 Å². The highest BCUT2D eigenvalue weighted by Gasteiger charge is 2.28. The molecule has 0 unspecified atom stereocenters. The zero-order valence-corrected chi connectivity index (χ0v) is 9.63. The van der Waals surface area contributed by atoms with Crippen molar-refractivity contribution in [3.8, 4) is 11.3 Å². The molecule has 0 aliphatic heterocycles. The van der Waals surface area contributed by atoms with Crippen molar-refractivity contribution in [1.82, 2.24) is 15.0 Å². The zero-order valence-electron chi connectivity index (χ0n) is 9.63. The lowest BCUT2D eigenvalue weighted by atomic mass is 10.1. The van der Waals surface area contributed by atoms with Crippen LogP contribution < -0.4 is 0 Å². The molecule has 1 aliphatic carbocycles. The highest BCUT2D eigenvalue weighted by atomic mass is 16.1. The maximum atomic E-state index is 11.2. The van der Waals surface area contributed by atoms with Crippen LogP contribution in [0.25, 0.3) is 11.3 Å². The Balaban J connectivity index is 2.11. The number of rotatable bonds is 3. The lowest BCUT2D eigenvalue weighted by Gasteiger charge is -2.01. The second-order valence-corrected chi connectivity index (χ2v) is 4.49. The molecule has 0 amide bonds. The molecule has 1 aliphatic rings. The topological polar surface area (TPSA) is 47.8 Å². The fourth-order valence-electron chi connectivity index (χ4n) is 2.00. The standard InChI is InChI=1S/C13H13N3O/c1-9-3-2-4-10(7-9)13-12(8-17)16(15-14-13)11-5-6-11/h2-4,7-8,11H,5-6H2,1H3. The summed E-state index contributed by atoms with van der Waals surface area (Å²) in [4.78, 5) is 11.2. The van der Waals surface area contributed by atoms with E-state index in [1.807, 2.05) is 31.2 Å². The van der Waals surface area contributed by atoms with Gasteiger partial charge in [0.2, 0.25) is 0 Å². The Hall–Kier alpha value is -1.97. The van der Waals surface area contributed by atoms with Crippen LogP contribution in [0.4, 0.5) is 0 Å². The van der Waals surface area contributed by atoms with Crippen molar-refractivity contribution in [2.75, 3.05) is 0 Å². The van der Waals surface area contributed by atoms with Crippen LogP contribution in [0.3, 0.4) is 0 Å². The third kappa shape index (κ3) is 1.75.